The minimum atomic E-state index is -0.201. The van der Waals surface area contributed by atoms with Crippen molar-refractivity contribution in [1.29, 1.82) is 0 Å². The Hall–Kier alpha value is -3.16. The van der Waals surface area contributed by atoms with Gasteiger partial charge >= 0.3 is 0 Å². The van der Waals surface area contributed by atoms with Gasteiger partial charge in [0.1, 0.15) is 0 Å². The molecular formula is C24H22ClN5OS. The molecule has 0 atom stereocenters. The highest BCUT2D eigenvalue weighted by Gasteiger charge is 2.14. The number of hydrogen-bond donors (Lipinski definition) is 1. The molecule has 6 nitrogen and oxygen atoms in total. The second-order valence-electron chi connectivity index (χ2n) is 7.10. The zero-order valence-electron chi connectivity index (χ0n) is 17.7. The zero-order valence-corrected chi connectivity index (χ0v) is 19.3. The lowest BCUT2D eigenvalue weighted by molar-refractivity contribution is -0.118. The molecule has 4 rings (SSSR count). The van der Waals surface area contributed by atoms with Gasteiger partial charge in [-0.15, -0.1) is 10.2 Å². The van der Waals surface area contributed by atoms with Crippen LogP contribution in [0.2, 0.25) is 5.02 Å². The number of benzene rings is 3. The van der Waals surface area contributed by atoms with Gasteiger partial charge in [-0.05, 0) is 48.9 Å². The van der Waals surface area contributed by atoms with Crippen LogP contribution in [0.15, 0.2) is 77.0 Å². The lowest BCUT2D eigenvalue weighted by Gasteiger charge is -2.08. The first-order valence-electron chi connectivity index (χ1n) is 10.2. The summed E-state index contributed by atoms with van der Waals surface area (Å²) in [7, 11) is 0. The van der Waals surface area contributed by atoms with Crippen LogP contribution in [0.1, 0.15) is 19.4 Å². The Labute approximate surface area is 195 Å². The Morgan fingerprint density at radius 2 is 1.81 bits per heavy atom. The van der Waals surface area contributed by atoms with Crippen LogP contribution >= 0.6 is 23.4 Å². The van der Waals surface area contributed by atoms with Gasteiger partial charge in [0.25, 0.3) is 5.91 Å². The van der Waals surface area contributed by atoms with Gasteiger partial charge in [0.2, 0.25) is 0 Å². The number of nitrogens with zero attached hydrogens (tertiary/aromatic N) is 4. The molecule has 0 unspecified atom stereocenters. The monoisotopic (exact) mass is 463 g/mol. The van der Waals surface area contributed by atoms with Crippen molar-refractivity contribution in [3.63, 3.8) is 0 Å². The van der Waals surface area contributed by atoms with E-state index in [0.717, 1.165) is 33.4 Å². The number of carbonyl (C=O) groups excluding carboxylic acids is 1. The fourth-order valence-electron chi connectivity index (χ4n) is 3.40. The molecule has 0 aliphatic carbocycles. The highest BCUT2D eigenvalue weighted by atomic mass is 35.5. The Morgan fingerprint density at radius 1 is 1.06 bits per heavy atom. The van der Waals surface area contributed by atoms with E-state index in [1.165, 1.54) is 11.8 Å². The second-order valence-corrected chi connectivity index (χ2v) is 8.48. The second kappa shape index (κ2) is 9.97. The van der Waals surface area contributed by atoms with Crippen molar-refractivity contribution in [2.45, 2.75) is 25.5 Å². The summed E-state index contributed by atoms with van der Waals surface area (Å²) in [6, 6.07) is 21.6. The molecule has 0 bridgehead atoms. The Morgan fingerprint density at radius 3 is 2.59 bits per heavy atom. The maximum absolute atomic E-state index is 12.4. The summed E-state index contributed by atoms with van der Waals surface area (Å²) in [5.74, 6) is 0.732. The summed E-state index contributed by atoms with van der Waals surface area (Å²) < 4.78 is 1.98. The van der Waals surface area contributed by atoms with Crippen LogP contribution in [0.4, 0.5) is 0 Å². The number of carbonyl (C=O) groups is 1. The third kappa shape index (κ3) is 4.84. The molecular weight excluding hydrogens is 442 g/mol. The van der Waals surface area contributed by atoms with E-state index >= 15 is 0 Å². The van der Waals surface area contributed by atoms with E-state index in [-0.39, 0.29) is 11.7 Å². The summed E-state index contributed by atoms with van der Waals surface area (Å²) in [5.41, 5.74) is 5.33. The van der Waals surface area contributed by atoms with Crippen LogP contribution in [-0.2, 0) is 11.3 Å². The standard InChI is InChI=1S/C24H22ClN5OS/c1-3-30-23(18-11-13-19(25)14-12-18)28-29-24(30)32-15-22(31)27-26-16(2)20-10-6-8-17-7-4-5-9-21(17)20/h4-14H,3,15H2,1-2H3,(H,27,31)/b26-16-. The van der Waals surface area contributed by atoms with E-state index in [2.05, 4.69) is 38.9 Å². The van der Waals surface area contributed by atoms with Crippen molar-refractivity contribution in [3.05, 3.63) is 77.3 Å². The summed E-state index contributed by atoms with van der Waals surface area (Å²) in [6.45, 7) is 4.60. The summed E-state index contributed by atoms with van der Waals surface area (Å²) in [4.78, 5) is 12.4. The molecule has 162 valence electrons. The predicted molar refractivity (Wildman–Crippen MR) is 131 cm³/mol. The summed E-state index contributed by atoms with van der Waals surface area (Å²) in [5, 5.41) is 16.5. The van der Waals surface area contributed by atoms with Gasteiger partial charge in [0.15, 0.2) is 11.0 Å². The van der Waals surface area contributed by atoms with Crippen molar-refractivity contribution < 1.29 is 4.79 Å². The van der Waals surface area contributed by atoms with E-state index in [1.54, 1.807) is 0 Å². The topological polar surface area (TPSA) is 72.2 Å². The van der Waals surface area contributed by atoms with Crippen molar-refractivity contribution >= 4 is 45.8 Å². The molecule has 0 fully saturated rings. The van der Waals surface area contributed by atoms with Crippen molar-refractivity contribution in [2.75, 3.05) is 5.75 Å². The van der Waals surface area contributed by atoms with Gasteiger partial charge in [-0.3, -0.25) is 4.79 Å². The average Bonchev–Trinajstić information content (AvgIpc) is 3.24. The van der Waals surface area contributed by atoms with E-state index in [4.69, 9.17) is 11.6 Å². The normalized spacial score (nSPS) is 11.7. The van der Waals surface area contributed by atoms with E-state index in [9.17, 15) is 4.79 Å². The van der Waals surface area contributed by atoms with Gasteiger partial charge in [-0.2, -0.15) is 5.10 Å². The number of hydrazone groups is 1. The zero-order chi connectivity index (χ0) is 22.5. The van der Waals surface area contributed by atoms with Crippen LogP contribution in [0.5, 0.6) is 0 Å². The van der Waals surface area contributed by atoms with Gasteiger partial charge < -0.3 is 4.57 Å². The van der Waals surface area contributed by atoms with Crippen molar-refractivity contribution in [3.8, 4) is 11.4 Å². The molecule has 32 heavy (non-hydrogen) atoms. The maximum Gasteiger partial charge on any atom is 0.250 e. The van der Waals surface area contributed by atoms with E-state index in [1.807, 2.05) is 66.9 Å². The first-order chi connectivity index (χ1) is 15.6. The number of amides is 1. The van der Waals surface area contributed by atoms with Crippen LogP contribution in [0.3, 0.4) is 0 Å². The van der Waals surface area contributed by atoms with E-state index in [0.29, 0.717) is 16.7 Å². The predicted octanol–water partition coefficient (Wildman–Crippen LogP) is 5.40. The quantitative estimate of drug-likeness (QED) is 0.226. The lowest BCUT2D eigenvalue weighted by atomic mass is 10.0. The molecule has 4 aromatic rings. The molecule has 1 aromatic heterocycles. The SMILES string of the molecule is CCn1c(SCC(=O)N/N=C(/C)c2cccc3ccccc23)nnc1-c1ccc(Cl)cc1. The molecule has 1 heterocycles. The van der Waals surface area contributed by atoms with Gasteiger partial charge in [-0.25, -0.2) is 5.43 Å². The number of aromatic nitrogens is 3. The van der Waals surface area contributed by atoms with Crippen molar-refractivity contribution in [2.24, 2.45) is 5.10 Å². The highest BCUT2D eigenvalue weighted by Crippen LogP contribution is 2.25. The van der Waals surface area contributed by atoms with Crippen LogP contribution < -0.4 is 5.43 Å². The lowest BCUT2D eigenvalue weighted by Crippen LogP contribution is -2.21. The smallest absolute Gasteiger partial charge is 0.250 e. The largest absolute Gasteiger partial charge is 0.302 e. The summed E-state index contributed by atoms with van der Waals surface area (Å²) in [6.07, 6.45) is 0. The average molecular weight is 464 g/mol. The molecule has 3 aromatic carbocycles. The van der Waals surface area contributed by atoms with Gasteiger partial charge in [0, 0.05) is 22.7 Å². The number of halogens is 1. The molecule has 0 aliphatic rings. The fourth-order valence-corrected chi connectivity index (χ4v) is 4.32. The first kappa shape index (κ1) is 22.0. The van der Waals surface area contributed by atoms with Gasteiger partial charge in [0.05, 0.1) is 11.5 Å². The molecule has 0 spiro atoms. The molecule has 0 saturated heterocycles. The molecule has 1 N–H and O–H groups in total. The molecule has 8 heteroatoms. The number of fused-ring (bicyclic) bond motifs is 1. The highest BCUT2D eigenvalue weighted by molar-refractivity contribution is 7.99. The Kier molecular flexibility index (Phi) is 6.87. The minimum Gasteiger partial charge on any atom is -0.302 e. The minimum absolute atomic E-state index is 0.186. The maximum atomic E-state index is 12.4. The molecule has 0 saturated carbocycles. The molecule has 0 radical (unpaired) electrons. The number of nitrogens with one attached hydrogen (secondary N) is 1. The Bertz CT molecular complexity index is 1280. The van der Waals surface area contributed by atoms with Crippen LogP contribution in [0.25, 0.3) is 22.2 Å². The van der Waals surface area contributed by atoms with Crippen LogP contribution in [0, 0.1) is 0 Å². The number of thioether (sulfide) groups is 1. The summed E-state index contributed by atoms with van der Waals surface area (Å²) >= 11 is 7.31. The molecule has 1 amide bonds. The fraction of sp³-hybridized carbons (Fsp3) is 0.167. The third-order valence-corrected chi connectivity index (χ3v) is 6.21. The first-order valence-corrected chi connectivity index (χ1v) is 11.6. The third-order valence-electron chi connectivity index (χ3n) is 5.00. The number of hydrogen-bond acceptors (Lipinski definition) is 5. The number of rotatable bonds is 7. The Balaban J connectivity index is 1.42. The van der Waals surface area contributed by atoms with Crippen LogP contribution in [-0.4, -0.2) is 32.1 Å². The van der Waals surface area contributed by atoms with E-state index < -0.39 is 0 Å². The molecule has 0 aliphatic heterocycles. The van der Waals surface area contributed by atoms with Gasteiger partial charge in [-0.1, -0.05) is 65.8 Å². The van der Waals surface area contributed by atoms with Crippen molar-refractivity contribution in [1.82, 2.24) is 20.2 Å².